The van der Waals surface area contributed by atoms with Crippen LogP contribution in [0, 0.1) is 22.7 Å². The minimum absolute atomic E-state index is 0.0254. The molecule has 2 aliphatic heterocycles. The van der Waals surface area contributed by atoms with E-state index in [1.807, 2.05) is 62.3 Å². The molecule has 0 aromatic rings. The number of urea groups is 1. The number of primary amides is 1. The average Bonchev–Trinajstić information content (AvgIpc) is 3.38. The molecule has 13 nitrogen and oxygen atoms in total. The lowest BCUT2D eigenvalue weighted by Crippen LogP contribution is -2.62. The summed E-state index contributed by atoms with van der Waals surface area (Å²) in [6.45, 7) is 17.8. The standard InChI is InChI=1S/C32H58N6O7S/c1-10-11-14-22(25(39)27(33)40)34-28(41)24-21(20(2)3)15-17-38(24)29(42)26(32(7,8)9)36-30(43)35-23(31(4,5)6)19-37-16-12-13-18-46(37,44)45/h20-24,26H,10-19H2,1-9H3,(H2,33,40)(H,34,41)(H2,35,36,43)/t21?,22?,23-,24+,26-/m1/s1. The number of carbonyl (C=O) groups excluding carboxylic acids is 5. The van der Waals surface area contributed by atoms with Crippen LogP contribution in [-0.2, 0) is 29.2 Å². The van der Waals surface area contributed by atoms with Crippen LogP contribution in [0.1, 0.15) is 101 Å². The molecule has 5 amide bonds. The van der Waals surface area contributed by atoms with Crippen molar-refractivity contribution in [1.82, 2.24) is 25.2 Å². The van der Waals surface area contributed by atoms with E-state index in [-0.39, 0.29) is 37.1 Å². The Bertz CT molecular complexity index is 1220. The van der Waals surface area contributed by atoms with Crippen LogP contribution < -0.4 is 21.7 Å². The van der Waals surface area contributed by atoms with Gasteiger partial charge in [0.1, 0.15) is 12.1 Å². The van der Waals surface area contributed by atoms with Gasteiger partial charge in [0, 0.05) is 25.7 Å². The Kier molecular flexibility index (Phi) is 13.6. The summed E-state index contributed by atoms with van der Waals surface area (Å²) >= 11 is 0. The van der Waals surface area contributed by atoms with E-state index in [0.717, 1.165) is 12.8 Å². The monoisotopic (exact) mass is 670 g/mol. The summed E-state index contributed by atoms with van der Waals surface area (Å²) in [6.07, 6.45) is 3.49. The van der Waals surface area contributed by atoms with Crippen molar-refractivity contribution in [2.24, 2.45) is 28.4 Å². The SMILES string of the molecule is CCCCC(NC(=O)[C@@H]1C(C(C)C)CCN1C(=O)[C@@H](NC(=O)N[C@H](CN1CCCCS1(=O)=O)C(C)(C)C)C(C)(C)C)C(=O)C(N)=O. The normalized spacial score (nSPS) is 22.5. The summed E-state index contributed by atoms with van der Waals surface area (Å²) < 4.78 is 26.8. The number of Topliss-reactive ketones (excluding diaryl/α,β-unsaturated/α-hetero) is 1. The number of amides is 5. The van der Waals surface area contributed by atoms with Gasteiger partial charge in [0.2, 0.25) is 27.6 Å². The molecule has 46 heavy (non-hydrogen) atoms. The molecular weight excluding hydrogens is 612 g/mol. The lowest BCUT2D eigenvalue weighted by molar-refractivity contribution is -0.144. The third-order valence-electron chi connectivity index (χ3n) is 9.15. The molecule has 2 fully saturated rings. The van der Waals surface area contributed by atoms with Crippen molar-refractivity contribution in [2.75, 3.05) is 25.4 Å². The molecule has 2 aliphatic rings. The lowest BCUT2D eigenvalue weighted by atomic mass is 9.84. The maximum atomic E-state index is 14.3. The van der Waals surface area contributed by atoms with Crippen LogP contribution in [0.15, 0.2) is 0 Å². The van der Waals surface area contributed by atoms with Crippen LogP contribution in [-0.4, -0.2) is 96.7 Å². The molecule has 2 saturated heterocycles. The highest BCUT2D eigenvalue weighted by Gasteiger charge is 2.48. The summed E-state index contributed by atoms with van der Waals surface area (Å²) in [7, 11) is -3.42. The summed E-state index contributed by atoms with van der Waals surface area (Å²) in [5.74, 6) is -3.10. The second-order valence-corrected chi connectivity index (χ2v) is 17.4. The van der Waals surface area contributed by atoms with Gasteiger partial charge in [-0.25, -0.2) is 13.2 Å². The van der Waals surface area contributed by atoms with E-state index in [0.29, 0.717) is 25.8 Å². The minimum Gasteiger partial charge on any atom is -0.363 e. The van der Waals surface area contributed by atoms with Gasteiger partial charge in [-0.2, -0.15) is 4.31 Å². The highest BCUT2D eigenvalue weighted by Crippen LogP contribution is 2.33. The number of nitrogens with zero attached hydrogens (tertiary/aromatic N) is 2. The quantitative estimate of drug-likeness (QED) is 0.216. The molecule has 0 spiro atoms. The number of hydrogen-bond acceptors (Lipinski definition) is 7. The molecule has 0 saturated carbocycles. The zero-order valence-electron chi connectivity index (χ0n) is 29.3. The van der Waals surface area contributed by atoms with Crippen LogP contribution in [0.5, 0.6) is 0 Å². The van der Waals surface area contributed by atoms with Gasteiger partial charge in [0.25, 0.3) is 5.91 Å². The first kappa shape index (κ1) is 39.4. The third kappa shape index (κ3) is 10.4. The molecule has 264 valence electrons. The molecule has 5 atom stereocenters. The van der Waals surface area contributed by atoms with Gasteiger partial charge in [-0.05, 0) is 48.3 Å². The fraction of sp³-hybridized carbons (Fsp3) is 0.844. The molecule has 0 aromatic heterocycles. The fourth-order valence-corrected chi connectivity index (χ4v) is 7.74. The second-order valence-electron chi connectivity index (χ2n) is 15.3. The van der Waals surface area contributed by atoms with Crippen molar-refractivity contribution in [1.29, 1.82) is 0 Å². The van der Waals surface area contributed by atoms with E-state index in [9.17, 15) is 32.4 Å². The molecule has 0 aromatic carbocycles. The van der Waals surface area contributed by atoms with Crippen LogP contribution in [0.25, 0.3) is 0 Å². The van der Waals surface area contributed by atoms with E-state index in [4.69, 9.17) is 5.73 Å². The van der Waals surface area contributed by atoms with Gasteiger partial charge >= 0.3 is 6.03 Å². The number of hydrogen-bond donors (Lipinski definition) is 4. The number of sulfonamides is 1. The third-order valence-corrected chi connectivity index (χ3v) is 11.1. The number of rotatable bonds is 13. The van der Waals surface area contributed by atoms with Crippen molar-refractivity contribution >= 4 is 39.6 Å². The molecule has 0 aliphatic carbocycles. The Morgan fingerprint density at radius 1 is 0.913 bits per heavy atom. The Morgan fingerprint density at radius 3 is 2.04 bits per heavy atom. The first-order chi connectivity index (χ1) is 21.1. The number of ketones is 1. The van der Waals surface area contributed by atoms with Gasteiger partial charge in [-0.3, -0.25) is 19.2 Å². The predicted molar refractivity (Wildman–Crippen MR) is 177 cm³/mol. The predicted octanol–water partition coefficient (Wildman–Crippen LogP) is 2.14. The van der Waals surface area contributed by atoms with Crippen molar-refractivity contribution in [2.45, 2.75) is 125 Å². The Hall–Kier alpha value is -2.74. The van der Waals surface area contributed by atoms with Gasteiger partial charge in [-0.1, -0.05) is 75.2 Å². The van der Waals surface area contributed by atoms with E-state index in [2.05, 4.69) is 16.0 Å². The van der Waals surface area contributed by atoms with Gasteiger partial charge in [-0.15, -0.1) is 0 Å². The average molecular weight is 671 g/mol. The zero-order valence-corrected chi connectivity index (χ0v) is 30.1. The maximum Gasteiger partial charge on any atom is 0.315 e. The lowest BCUT2D eigenvalue weighted by Gasteiger charge is -2.39. The summed E-state index contributed by atoms with van der Waals surface area (Å²) in [5.41, 5.74) is 4.01. The maximum absolute atomic E-state index is 14.3. The molecule has 2 rings (SSSR count). The Balaban J connectivity index is 2.33. The van der Waals surface area contributed by atoms with Crippen LogP contribution in [0.3, 0.4) is 0 Å². The van der Waals surface area contributed by atoms with Crippen molar-refractivity contribution in [3.05, 3.63) is 0 Å². The number of nitrogens with two attached hydrogens (primary N) is 1. The molecular formula is C32H58N6O7S. The van der Waals surface area contributed by atoms with Crippen LogP contribution >= 0.6 is 0 Å². The summed E-state index contributed by atoms with van der Waals surface area (Å²) in [4.78, 5) is 67.3. The fourth-order valence-electron chi connectivity index (χ4n) is 6.13. The van der Waals surface area contributed by atoms with E-state index >= 15 is 0 Å². The molecule has 0 bridgehead atoms. The number of carbonyl (C=O) groups is 5. The molecule has 0 radical (unpaired) electrons. The van der Waals surface area contributed by atoms with Gasteiger partial charge < -0.3 is 26.6 Å². The molecule has 2 unspecified atom stereocenters. The van der Waals surface area contributed by atoms with E-state index < -0.39 is 74.6 Å². The zero-order chi connectivity index (χ0) is 35.2. The van der Waals surface area contributed by atoms with Crippen LogP contribution in [0.2, 0.25) is 0 Å². The van der Waals surface area contributed by atoms with Gasteiger partial charge in [0.05, 0.1) is 11.8 Å². The van der Waals surface area contributed by atoms with Crippen LogP contribution in [0.4, 0.5) is 4.79 Å². The largest absolute Gasteiger partial charge is 0.363 e. The van der Waals surface area contributed by atoms with Gasteiger partial charge in [0.15, 0.2) is 0 Å². The molecule has 14 heteroatoms. The molecule has 5 N–H and O–H groups in total. The number of likely N-dealkylation sites (tertiary alicyclic amines) is 1. The van der Waals surface area contributed by atoms with E-state index in [1.54, 1.807) is 0 Å². The minimum atomic E-state index is -3.42. The Labute approximate surface area is 275 Å². The summed E-state index contributed by atoms with van der Waals surface area (Å²) in [5, 5.41) is 8.49. The van der Waals surface area contributed by atoms with Crippen molar-refractivity contribution in [3.63, 3.8) is 0 Å². The molecule has 2 heterocycles. The second kappa shape index (κ2) is 15.9. The first-order valence-corrected chi connectivity index (χ1v) is 18.2. The van der Waals surface area contributed by atoms with E-state index in [1.165, 1.54) is 9.21 Å². The topological polar surface area (TPSA) is 188 Å². The first-order valence-electron chi connectivity index (χ1n) is 16.6. The highest BCUT2D eigenvalue weighted by atomic mass is 32.2. The number of unbranched alkanes of at least 4 members (excludes halogenated alkanes) is 1. The van der Waals surface area contributed by atoms with Crippen molar-refractivity contribution < 1.29 is 32.4 Å². The van der Waals surface area contributed by atoms with Crippen molar-refractivity contribution in [3.8, 4) is 0 Å². The smallest absolute Gasteiger partial charge is 0.315 e. The highest BCUT2D eigenvalue weighted by molar-refractivity contribution is 7.89. The summed E-state index contributed by atoms with van der Waals surface area (Å²) in [6, 6.07) is -4.20. The Morgan fingerprint density at radius 2 is 1.54 bits per heavy atom. The number of nitrogens with one attached hydrogen (secondary N) is 3.